The zero-order valence-corrected chi connectivity index (χ0v) is 10.7. The van der Waals surface area contributed by atoms with Gasteiger partial charge in [-0.15, -0.1) is 0 Å². The Bertz CT molecular complexity index is 507. The van der Waals surface area contributed by atoms with E-state index in [2.05, 4.69) is 26.1 Å². The fraction of sp³-hybridized carbons (Fsp3) is 0.273. The van der Waals surface area contributed by atoms with Gasteiger partial charge in [0, 0.05) is 16.9 Å². The molecule has 90 valence electrons. The molecule has 0 amide bonds. The van der Waals surface area contributed by atoms with Crippen LogP contribution in [0.4, 0.5) is 4.39 Å². The van der Waals surface area contributed by atoms with Gasteiger partial charge >= 0.3 is 0 Å². The molecule has 2 aromatic rings. The fourth-order valence-electron chi connectivity index (χ4n) is 1.43. The Morgan fingerprint density at radius 2 is 2.29 bits per heavy atom. The van der Waals surface area contributed by atoms with E-state index >= 15 is 0 Å². The van der Waals surface area contributed by atoms with Crippen molar-refractivity contribution in [1.29, 1.82) is 0 Å². The van der Waals surface area contributed by atoms with E-state index in [-0.39, 0.29) is 17.5 Å². The standard InChI is InChI=1S/C11H11BrFN3O/c1-6(14)5-9-15-11(17-16-9)10-7(12)3-2-4-8(10)13/h2-4,6H,5,14H2,1H3. The first kappa shape index (κ1) is 12.2. The molecule has 4 nitrogen and oxygen atoms in total. The van der Waals surface area contributed by atoms with Gasteiger partial charge in [-0.3, -0.25) is 0 Å². The number of rotatable bonds is 3. The molecule has 0 fully saturated rings. The first-order valence-corrected chi connectivity index (χ1v) is 5.89. The molecule has 1 atom stereocenters. The monoisotopic (exact) mass is 299 g/mol. The molecule has 2 N–H and O–H groups in total. The first-order valence-electron chi connectivity index (χ1n) is 5.10. The molecule has 0 saturated carbocycles. The minimum absolute atomic E-state index is 0.0653. The van der Waals surface area contributed by atoms with Crippen LogP contribution in [0.1, 0.15) is 12.7 Å². The lowest BCUT2D eigenvalue weighted by molar-refractivity contribution is 0.418. The van der Waals surface area contributed by atoms with Gasteiger partial charge in [0.1, 0.15) is 5.82 Å². The van der Waals surface area contributed by atoms with E-state index in [1.165, 1.54) is 6.07 Å². The number of benzene rings is 1. The number of aromatic nitrogens is 2. The van der Waals surface area contributed by atoms with Gasteiger partial charge in [-0.25, -0.2) is 4.39 Å². The Morgan fingerprint density at radius 3 is 2.94 bits per heavy atom. The SMILES string of the molecule is CC(N)Cc1noc(-c2c(F)cccc2Br)n1. The van der Waals surface area contributed by atoms with Gasteiger partial charge in [-0.2, -0.15) is 4.98 Å². The highest BCUT2D eigenvalue weighted by Crippen LogP contribution is 2.29. The lowest BCUT2D eigenvalue weighted by Gasteiger charge is -1.99. The molecule has 1 aromatic carbocycles. The molecule has 1 heterocycles. The van der Waals surface area contributed by atoms with Crippen molar-refractivity contribution < 1.29 is 8.91 Å². The topological polar surface area (TPSA) is 64.9 Å². The summed E-state index contributed by atoms with van der Waals surface area (Å²) in [5.41, 5.74) is 5.90. The van der Waals surface area contributed by atoms with Crippen LogP contribution in [0.3, 0.4) is 0 Å². The van der Waals surface area contributed by atoms with Crippen molar-refractivity contribution in [1.82, 2.24) is 10.1 Å². The maximum Gasteiger partial charge on any atom is 0.262 e. The summed E-state index contributed by atoms with van der Waals surface area (Å²) in [6, 6.07) is 4.59. The van der Waals surface area contributed by atoms with Crippen LogP contribution in [0.15, 0.2) is 27.2 Å². The number of hydrogen-bond acceptors (Lipinski definition) is 4. The normalized spacial score (nSPS) is 12.7. The fourth-order valence-corrected chi connectivity index (χ4v) is 1.94. The van der Waals surface area contributed by atoms with Gasteiger partial charge in [0.25, 0.3) is 5.89 Å². The Balaban J connectivity index is 2.37. The zero-order valence-electron chi connectivity index (χ0n) is 9.15. The molecule has 0 aliphatic rings. The first-order chi connectivity index (χ1) is 8.08. The van der Waals surface area contributed by atoms with E-state index in [4.69, 9.17) is 10.3 Å². The maximum atomic E-state index is 13.6. The minimum atomic E-state index is -0.407. The average Bonchev–Trinajstić information content (AvgIpc) is 2.65. The van der Waals surface area contributed by atoms with Crippen LogP contribution >= 0.6 is 15.9 Å². The summed E-state index contributed by atoms with van der Waals surface area (Å²) in [6.45, 7) is 1.84. The minimum Gasteiger partial charge on any atom is -0.334 e. The van der Waals surface area contributed by atoms with Gasteiger partial charge in [-0.1, -0.05) is 11.2 Å². The van der Waals surface area contributed by atoms with Crippen LogP contribution in [-0.2, 0) is 6.42 Å². The molecule has 0 bridgehead atoms. The van der Waals surface area contributed by atoms with Crippen molar-refractivity contribution in [3.63, 3.8) is 0 Å². The van der Waals surface area contributed by atoms with Crippen LogP contribution in [0.5, 0.6) is 0 Å². The van der Waals surface area contributed by atoms with E-state index in [0.717, 1.165) is 0 Å². The summed E-state index contributed by atoms with van der Waals surface area (Å²) in [5, 5.41) is 3.76. The highest BCUT2D eigenvalue weighted by Gasteiger charge is 2.16. The van der Waals surface area contributed by atoms with Crippen molar-refractivity contribution >= 4 is 15.9 Å². The Morgan fingerprint density at radius 1 is 1.53 bits per heavy atom. The van der Waals surface area contributed by atoms with Crippen LogP contribution in [0, 0.1) is 5.82 Å². The highest BCUT2D eigenvalue weighted by molar-refractivity contribution is 9.10. The molecule has 0 radical (unpaired) electrons. The lowest BCUT2D eigenvalue weighted by Crippen LogP contribution is -2.18. The van der Waals surface area contributed by atoms with E-state index in [0.29, 0.717) is 16.7 Å². The van der Waals surface area contributed by atoms with Crippen molar-refractivity contribution in [2.45, 2.75) is 19.4 Å². The quantitative estimate of drug-likeness (QED) is 0.946. The molecule has 0 spiro atoms. The third-order valence-corrected chi connectivity index (χ3v) is 2.81. The molecule has 1 unspecified atom stereocenters. The Kier molecular flexibility index (Phi) is 3.54. The third-order valence-electron chi connectivity index (χ3n) is 2.15. The second-order valence-corrected chi connectivity index (χ2v) is 4.65. The molecule has 6 heteroatoms. The van der Waals surface area contributed by atoms with Gasteiger partial charge in [-0.05, 0) is 35.0 Å². The molecule has 0 aliphatic heterocycles. The number of halogens is 2. The van der Waals surface area contributed by atoms with Crippen molar-refractivity contribution in [3.8, 4) is 11.5 Å². The van der Waals surface area contributed by atoms with Crippen LogP contribution in [0.2, 0.25) is 0 Å². The van der Waals surface area contributed by atoms with Crippen molar-refractivity contribution in [2.24, 2.45) is 5.73 Å². The second-order valence-electron chi connectivity index (χ2n) is 3.79. The largest absolute Gasteiger partial charge is 0.334 e. The summed E-state index contributed by atoms with van der Waals surface area (Å²) in [7, 11) is 0. The molecule has 0 saturated heterocycles. The Labute approximate surface area is 106 Å². The number of hydrogen-bond donors (Lipinski definition) is 1. The summed E-state index contributed by atoms with van der Waals surface area (Å²) < 4.78 is 19.2. The van der Waals surface area contributed by atoms with Crippen LogP contribution in [0.25, 0.3) is 11.5 Å². The van der Waals surface area contributed by atoms with Gasteiger partial charge in [0.15, 0.2) is 5.82 Å². The summed E-state index contributed by atoms with van der Waals surface area (Å²) in [5.74, 6) is 0.228. The van der Waals surface area contributed by atoms with E-state index < -0.39 is 5.82 Å². The summed E-state index contributed by atoms with van der Waals surface area (Å²) in [6.07, 6.45) is 0.496. The van der Waals surface area contributed by atoms with Crippen LogP contribution in [-0.4, -0.2) is 16.2 Å². The predicted octanol–water partition coefficient (Wildman–Crippen LogP) is 2.53. The maximum absolute atomic E-state index is 13.6. The molecule has 0 aliphatic carbocycles. The zero-order chi connectivity index (χ0) is 12.4. The van der Waals surface area contributed by atoms with Gasteiger partial charge in [0.05, 0.1) is 5.56 Å². The smallest absolute Gasteiger partial charge is 0.262 e. The molecule has 2 rings (SSSR count). The molecular formula is C11H11BrFN3O. The van der Waals surface area contributed by atoms with Gasteiger partial charge < -0.3 is 10.3 Å². The third kappa shape index (κ3) is 2.70. The Hall–Kier alpha value is -1.27. The predicted molar refractivity (Wildman–Crippen MR) is 64.7 cm³/mol. The van der Waals surface area contributed by atoms with Crippen LogP contribution < -0.4 is 5.73 Å². The van der Waals surface area contributed by atoms with E-state index in [1.807, 2.05) is 6.92 Å². The molecular weight excluding hydrogens is 289 g/mol. The summed E-state index contributed by atoms with van der Waals surface area (Å²) >= 11 is 3.25. The second kappa shape index (κ2) is 4.93. The van der Waals surface area contributed by atoms with Crippen molar-refractivity contribution in [2.75, 3.05) is 0 Å². The average molecular weight is 300 g/mol. The van der Waals surface area contributed by atoms with Crippen molar-refractivity contribution in [3.05, 3.63) is 34.3 Å². The van der Waals surface area contributed by atoms with E-state index in [9.17, 15) is 4.39 Å². The van der Waals surface area contributed by atoms with Gasteiger partial charge in [0.2, 0.25) is 0 Å². The van der Waals surface area contributed by atoms with E-state index in [1.54, 1.807) is 12.1 Å². The number of nitrogens with two attached hydrogens (primary N) is 1. The highest BCUT2D eigenvalue weighted by atomic mass is 79.9. The molecule has 1 aromatic heterocycles. The number of nitrogens with zero attached hydrogens (tertiary/aromatic N) is 2. The molecule has 17 heavy (non-hydrogen) atoms. The summed E-state index contributed by atoms with van der Waals surface area (Å²) in [4.78, 5) is 4.11. The lowest BCUT2D eigenvalue weighted by atomic mass is 10.2.